The predicted molar refractivity (Wildman–Crippen MR) is 92.2 cm³/mol. The number of carbonyl (C=O) groups excluding carboxylic acids is 1. The molecular formula is C18H19N5O3. The van der Waals surface area contributed by atoms with E-state index in [1.54, 1.807) is 24.2 Å². The van der Waals surface area contributed by atoms with E-state index in [2.05, 4.69) is 15.4 Å². The fourth-order valence-corrected chi connectivity index (χ4v) is 3.38. The Labute approximate surface area is 150 Å². The first-order chi connectivity index (χ1) is 12.7. The van der Waals surface area contributed by atoms with Gasteiger partial charge in [-0.25, -0.2) is 9.31 Å². The first kappa shape index (κ1) is 16.3. The molecule has 2 aromatic heterocycles. The fourth-order valence-electron chi connectivity index (χ4n) is 3.38. The number of aromatic nitrogens is 4. The van der Waals surface area contributed by atoms with Crippen molar-refractivity contribution in [2.45, 2.75) is 25.8 Å². The number of carbonyl (C=O) groups is 1. The first-order valence-corrected chi connectivity index (χ1v) is 8.47. The maximum Gasteiger partial charge on any atom is 0.257 e. The average molecular weight is 353 g/mol. The molecular weight excluding hydrogens is 334 g/mol. The number of rotatable bonds is 4. The summed E-state index contributed by atoms with van der Waals surface area (Å²) in [4.78, 5) is 14.8. The summed E-state index contributed by atoms with van der Waals surface area (Å²) in [5, 5.41) is 12.2. The third-order valence-electron chi connectivity index (χ3n) is 4.68. The van der Waals surface area contributed by atoms with Gasteiger partial charge in [-0.2, -0.15) is 5.10 Å². The lowest BCUT2D eigenvalue weighted by molar-refractivity contribution is 0.0730. The highest BCUT2D eigenvalue weighted by Gasteiger charge is 2.34. The summed E-state index contributed by atoms with van der Waals surface area (Å²) in [5.41, 5.74) is 2.76. The highest BCUT2D eigenvalue weighted by Crippen LogP contribution is 2.33. The van der Waals surface area contributed by atoms with E-state index >= 15 is 0 Å². The Morgan fingerprint density at radius 3 is 2.92 bits per heavy atom. The predicted octanol–water partition coefficient (Wildman–Crippen LogP) is 2.55. The molecule has 0 bridgehead atoms. The van der Waals surface area contributed by atoms with E-state index in [1.807, 2.05) is 36.1 Å². The molecule has 0 radical (unpaired) electrons. The molecule has 4 rings (SSSR count). The summed E-state index contributed by atoms with van der Waals surface area (Å²) < 4.78 is 11.8. The Kier molecular flexibility index (Phi) is 4.16. The maximum atomic E-state index is 13.0. The third kappa shape index (κ3) is 2.73. The normalized spacial score (nSPS) is 16.8. The number of hydrogen-bond acceptors (Lipinski definition) is 6. The monoisotopic (exact) mass is 353 g/mol. The lowest BCUT2D eigenvalue weighted by Gasteiger charge is -2.22. The van der Waals surface area contributed by atoms with E-state index in [9.17, 15) is 4.79 Å². The summed E-state index contributed by atoms with van der Waals surface area (Å²) in [6.07, 6.45) is 5.08. The van der Waals surface area contributed by atoms with Crippen LogP contribution in [0.15, 0.2) is 41.3 Å². The number of methoxy groups -OCH3 is 1. The van der Waals surface area contributed by atoms with Gasteiger partial charge in [-0.05, 0) is 31.9 Å². The Hall–Kier alpha value is -3.16. The van der Waals surface area contributed by atoms with E-state index in [4.69, 9.17) is 9.37 Å². The molecule has 3 heterocycles. The fraction of sp³-hybridized carbons (Fsp3) is 0.333. The van der Waals surface area contributed by atoms with Gasteiger partial charge < -0.3 is 9.64 Å². The first-order valence-electron chi connectivity index (χ1n) is 8.47. The van der Waals surface area contributed by atoms with Crippen molar-refractivity contribution >= 4 is 5.91 Å². The Bertz CT molecular complexity index is 932. The van der Waals surface area contributed by atoms with E-state index in [1.165, 1.54) is 0 Å². The molecule has 8 nitrogen and oxygen atoms in total. The van der Waals surface area contributed by atoms with Gasteiger partial charge >= 0.3 is 0 Å². The van der Waals surface area contributed by atoms with Crippen LogP contribution in [0.1, 0.15) is 40.6 Å². The van der Waals surface area contributed by atoms with Gasteiger partial charge in [-0.3, -0.25) is 4.79 Å². The minimum Gasteiger partial charge on any atom is -0.494 e. The number of nitrogens with zero attached hydrogens (tertiary/aromatic N) is 5. The molecule has 8 heteroatoms. The molecule has 1 unspecified atom stereocenters. The number of ether oxygens (including phenoxy) is 1. The van der Waals surface area contributed by atoms with Gasteiger partial charge in [0.05, 0.1) is 24.9 Å². The summed E-state index contributed by atoms with van der Waals surface area (Å²) in [6.45, 7) is 2.52. The number of hydrogen-bond donors (Lipinski definition) is 0. The van der Waals surface area contributed by atoms with Gasteiger partial charge in [0.25, 0.3) is 5.91 Å². The molecule has 1 aromatic carbocycles. The van der Waals surface area contributed by atoms with E-state index < -0.39 is 0 Å². The van der Waals surface area contributed by atoms with Crippen LogP contribution < -0.4 is 4.74 Å². The van der Waals surface area contributed by atoms with Crippen molar-refractivity contribution in [2.24, 2.45) is 0 Å². The molecule has 1 amide bonds. The SMILES string of the molecule is COc1ccccc1-n1cc(C(=O)N2CCCC2c2nonc2C)cn1. The topological polar surface area (TPSA) is 86.3 Å². The quantitative estimate of drug-likeness (QED) is 0.716. The molecule has 0 spiro atoms. The average Bonchev–Trinajstić information content (AvgIpc) is 3.41. The number of amides is 1. The molecule has 0 aliphatic carbocycles. The van der Waals surface area contributed by atoms with Crippen molar-refractivity contribution in [3.05, 3.63) is 53.6 Å². The van der Waals surface area contributed by atoms with Crippen LogP contribution in [0.3, 0.4) is 0 Å². The van der Waals surface area contributed by atoms with E-state index in [0.717, 1.165) is 29.9 Å². The zero-order valence-corrected chi connectivity index (χ0v) is 14.6. The molecule has 0 saturated carbocycles. The van der Waals surface area contributed by atoms with Gasteiger partial charge in [-0.1, -0.05) is 22.4 Å². The smallest absolute Gasteiger partial charge is 0.257 e. The largest absolute Gasteiger partial charge is 0.494 e. The van der Waals surface area contributed by atoms with Crippen LogP contribution in [0.5, 0.6) is 5.75 Å². The number of para-hydroxylation sites is 2. The molecule has 1 atom stereocenters. The lowest BCUT2D eigenvalue weighted by atomic mass is 10.1. The minimum atomic E-state index is -0.108. The second-order valence-corrected chi connectivity index (χ2v) is 6.24. The van der Waals surface area contributed by atoms with Crippen LogP contribution in [0.4, 0.5) is 0 Å². The highest BCUT2D eigenvalue weighted by molar-refractivity contribution is 5.94. The molecule has 1 aliphatic heterocycles. The van der Waals surface area contributed by atoms with Crippen molar-refractivity contribution in [1.29, 1.82) is 0 Å². The molecule has 1 saturated heterocycles. The lowest BCUT2D eigenvalue weighted by Crippen LogP contribution is -2.30. The summed E-state index contributed by atoms with van der Waals surface area (Å²) in [5.74, 6) is 0.619. The zero-order chi connectivity index (χ0) is 18.1. The van der Waals surface area contributed by atoms with Gasteiger partial charge in [0.15, 0.2) is 0 Å². The van der Waals surface area contributed by atoms with Gasteiger partial charge in [0.1, 0.15) is 22.8 Å². The van der Waals surface area contributed by atoms with Crippen LogP contribution in [0.2, 0.25) is 0 Å². The van der Waals surface area contributed by atoms with Crippen molar-refractivity contribution in [1.82, 2.24) is 25.0 Å². The Balaban J connectivity index is 1.61. The highest BCUT2D eigenvalue weighted by atomic mass is 16.6. The van der Waals surface area contributed by atoms with Crippen LogP contribution in [0, 0.1) is 6.92 Å². The maximum absolute atomic E-state index is 13.0. The Morgan fingerprint density at radius 1 is 1.31 bits per heavy atom. The molecule has 1 fully saturated rings. The standard InChI is InChI=1S/C18H19N5O3/c1-12-17(21-26-20-12)15-7-5-9-22(15)18(24)13-10-19-23(11-13)14-6-3-4-8-16(14)25-2/h3-4,6,8,10-11,15H,5,7,9H2,1-2H3. The summed E-state index contributed by atoms with van der Waals surface area (Å²) >= 11 is 0. The third-order valence-corrected chi connectivity index (χ3v) is 4.68. The number of benzene rings is 1. The van der Waals surface area contributed by atoms with Crippen molar-refractivity contribution in [3.63, 3.8) is 0 Å². The molecule has 134 valence electrons. The molecule has 3 aromatic rings. The minimum absolute atomic E-state index is 0.0731. The number of likely N-dealkylation sites (tertiary alicyclic amines) is 1. The van der Waals surface area contributed by atoms with Crippen molar-refractivity contribution < 1.29 is 14.2 Å². The summed E-state index contributed by atoms with van der Waals surface area (Å²) in [7, 11) is 1.61. The second kappa shape index (κ2) is 6.62. The van der Waals surface area contributed by atoms with Crippen LogP contribution in [-0.4, -0.2) is 44.6 Å². The molecule has 26 heavy (non-hydrogen) atoms. The zero-order valence-electron chi connectivity index (χ0n) is 14.6. The summed E-state index contributed by atoms with van der Waals surface area (Å²) in [6, 6.07) is 7.43. The second-order valence-electron chi connectivity index (χ2n) is 6.24. The Morgan fingerprint density at radius 2 is 2.15 bits per heavy atom. The molecule has 0 N–H and O–H groups in total. The van der Waals surface area contributed by atoms with Crippen LogP contribution in [-0.2, 0) is 0 Å². The molecule has 1 aliphatic rings. The van der Waals surface area contributed by atoms with Crippen molar-refractivity contribution in [2.75, 3.05) is 13.7 Å². The van der Waals surface area contributed by atoms with Gasteiger partial charge in [0.2, 0.25) is 0 Å². The van der Waals surface area contributed by atoms with Crippen LogP contribution in [0.25, 0.3) is 5.69 Å². The number of aryl methyl sites for hydroxylation is 1. The van der Waals surface area contributed by atoms with Crippen molar-refractivity contribution in [3.8, 4) is 11.4 Å². The van der Waals surface area contributed by atoms with E-state index in [0.29, 0.717) is 17.9 Å². The van der Waals surface area contributed by atoms with E-state index in [-0.39, 0.29) is 11.9 Å². The van der Waals surface area contributed by atoms with Gasteiger partial charge in [-0.15, -0.1) is 0 Å². The van der Waals surface area contributed by atoms with Gasteiger partial charge in [0, 0.05) is 12.7 Å². The van der Waals surface area contributed by atoms with Crippen LogP contribution >= 0.6 is 0 Å².